The van der Waals surface area contributed by atoms with Gasteiger partial charge in [0.1, 0.15) is 11.3 Å². The van der Waals surface area contributed by atoms with Crippen molar-refractivity contribution in [2.24, 2.45) is 0 Å². The van der Waals surface area contributed by atoms with Gasteiger partial charge in [0.05, 0.1) is 5.69 Å². The summed E-state index contributed by atoms with van der Waals surface area (Å²) in [6.07, 6.45) is 0.675. The van der Waals surface area contributed by atoms with Gasteiger partial charge in [-0.05, 0) is 32.4 Å². The standard InChI is InChI=1S/C14H16N2O2/c1-4-12-13(10(3)18-16-12)14(17)15-11-7-5-9(2)6-8-11/h5-8H,4H2,1-3H3,(H,15,17). The lowest BCUT2D eigenvalue weighted by Gasteiger charge is -2.05. The van der Waals surface area contributed by atoms with E-state index in [4.69, 9.17) is 4.52 Å². The highest BCUT2D eigenvalue weighted by Crippen LogP contribution is 2.17. The SMILES string of the molecule is CCc1noc(C)c1C(=O)Nc1ccc(C)cc1. The molecule has 1 aromatic carbocycles. The van der Waals surface area contributed by atoms with Crippen LogP contribution in [0.4, 0.5) is 5.69 Å². The van der Waals surface area contributed by atoms with E-state index in [1.165, 1.54) is 0 Å². The van der Waals surface area contributed by atoms with Crippen molar-refractivity contribution in [2.75, 3.05) is 5.32 Å². The van der Waals surface area contributed by atoms with Gasteiger partial charge in [-0.25, -0.2) is 0 Å². The Labute approximate surface area is 106 Å². The molecular formula is C14H16N2O2. The molecule has 0 aliphatic heterocycles. The van der Waals surface area contributed by atoms with Crippen LogP contribution in [0.1, 0.15) is 34.3 Å². The van der Waals surface area contributed by atoms with E-state index >= 15 is 0 Å². The summed E-state index contributed by atoms with van der Waals surface area (Å²) in [6.45, 7) is 5.70. The first-order chi connectivity index (χ1) is 8.61. The van der Waals surface area contributed by atoms with Crippen molar-refractivity contribution >= 4 is 11.6 Å². The van der Waals surface area contributed by atoms with E-state index < -0.39 is 0 Å². The van der Waals surface area contributed by atoms with Gasteiger partial charge < -0.3 is 9.84 Å². The van der Waals surface area contributed by atoms with Gasteiger partial charge in [0, 0.05) is 5.69 Å². The Bertz CT molecular complexity index is 556. The minimum absolute atomic E-state index is 0.172. The minimum Gasteiger partial charge on any atom is -0.361 e. The average molecular weight is 244 g/mol. The average Bonchev–Trinajstić information content (AvgIpc) is 2.73. The second-order valence-corrected chi connectivity index (χ2v) is 4.23. The molecule has 0 aliphatic rings. The van der Waals surface area contributed by atoms with Gasteiger partial charge >= 0.3 is 0 Å². The van der Waals surface area contributed by atoms with Crippen LogP contribution in [0.15, 0.2) is 28.8 Å². The topological polar surface area (TPSA) is 55.1 Å². The summed E-state index contributed by atoms with van der Waals surface area (Å²) in [7, 11) is 0. The van der Waals surface area contributed by atoms with Crippen molar-refractivity contribution in [3.63, 3.8) is 0 Å². The fourth-order valence-electron chi connectivity index (χ4n) is 1.78. The Kier molecular flexibility index (Phi) is 3.46. The smallest absolute Gasteiger partial charge is 0.261 e. The molecule has 4 heteroatoms. The molecule has 18 heavy (non-hydrogen) atoms. The Morgan fingerprint density at radius 2 is 1.94 bits per heavy atom. The van der Waals surface area contributed by atoms with E-state index in [9.17, 15) is 4.79 Å². The van der Waals surface area contributed by atoms with E-state index in [1.54, 1.807) is 6.92 Å². The van der Waals surface area contributed by atoms with Crippen molar-refractivity contribution in [3.8, 4) is 0 Å². The molecule has 4 nitrogen and oxygen atoms in total. The number of carbonyl (C=O) groups excluding carboxylic acids is 1. The number of hydrogen-bond donors (Lipinski definition) is 1. The Balaban J connectivity index is 2.21. The number of carbonyl (C=O) groups is 1. The predicted molar refractivity (Wildman–Crippen MR) is 69.8 cm³/mol. The van der Waals surface area contributed by atoms with Crippen LogP contribution in [0.3, 0.4) is 0 Å². The first-order valence-corrected chi connectivity index (χ1v) is 5.95. The quantitative estimate of drug-likeness (QED) is 0.902. The number of aromatic nitrogens is 1. The van der Waals surface area contributed by atoms with Crippen LogP contribution >= 0.6 is 0 Å². The number of nitrogens with zero attached hydrogens (tertiary/aromatic N) is 1. The number of anilines is 1. The minimum atomic E-state index is -0.172. The number of benzene rings is 1. The third-order valence-electron chi connectivity index (χ3n) is 2.80. The summed E-state index contributed by atoms with van der Waals surface area (Å²) in [5.74, 6) is 0.380. The molecule has 0 saturated carbocycles. The number of aryl methyl sites for hydroxylation is 3. The first kappa shape index (κ1) is 12.4. The van der Waals surface area contributed by atoms with Crippen molar-refractivity contribution in [1.29, 1.82) is 0 Å². The molecule has 0 atom stereocenters. The van der Waals surface area contributed by atoms with E-state index in [0.29, 0.717) is 23.4 Å². The molecule has 0 aliphatic carbocycles. The maximum absolute atomic E-state index is 12.1. The molecule has 0 saturated heterocycles. The van der Waals surface area contributed by atoms with Gasteiger partial charge in [0.25, 0.3) is 5.91 Å². The molecule has 0 unspecified atom stereocenters. The molecule has 2 rings (SSSR count). The largest absolute Gasteiger partial charge is 0.361 e. The predicted octanol–water partition coefficient (Wildman–Crippen LogP) is 3.11. The normalized spacial score (nSPS) is 10.4. The van der Waals surface area contributed by atoms with Crippen molar-refractivity contribution < 1.29 is 9.32 Å². The number of hydrogen-bond acceptors (Lipinski definition) is 3. The zero-order chi connectivity index (χ0) is 13.1. The summed E-state index contributed by atoms with van der Waals surface area (Å²) in [5.41, 5.74) is 3.16. The fourth-order valence-corrected chi connectivity index (χ4v) is 1.78. The molecule has 0 radical (unpaired) electrons. The highest BCUT2D eigenvalue weighted by molar-refractivity contribution is 6.05. The second kappa shape index (κ2) is 5.04. The van der Waals surface area contributed by atoms with Gasteiger partial charge in [-0.3, -0.25) is 4.79 Å². The molecule has 2 aromatic rings. The zero-order valence-corrected chi connectivity index (χ0v) is 10.8. The van der Waals surface area contributed by atoms with E-state index in [2.05, 4.69) is 10.5 Å². The maximum atomic E-state index is 12.1. The molecule has 0 spiro atoms. The van der Waals surface area contributed by atoms with Gasteiger partial charge in [-0.2, -0.15) is 0 Å². The molecule has 1 amide bonds. The van der Waals surface area contributed by atoms with Crippen LogP contribution in [0.2, 0.25) is 0 Å². The second-order valence-electron chi connectivity index (χ2n) is 4.23. The lowest BCUT2D eigenvalue weighted by Crippen LogP contribution is -2.14. The highest BCUT2D eigenvalue weighted by atomic mass is 16.5. The Morgan fingerprint density at radius 1 is 1.28 bits per heavy atom. The summed E-state index contributed by atoms with van der Waals surface area (Å²) in [6, 6.07) is 7.66. The van der Waals surface area contributed by atoms with E-state index in [0.717, 1.165) is 11.3 Å². The first-order valence-electron chi connectivity index (χ1n) is 5.95. The summed E-state index contributed by atoms with van der Waals surface area (Å²) in [5, 5.41) is 6.72. The molecule has 1 N–H and O–H groups in total. The van der Waals surface area contributed by atoms with Crippen LogP contribution in [0.25, 0.3) is 0 Å². The van der Waals surface area contributed by atoms with Crippen LogP contribution in [0.5, 0.6) is 0 Å². The monoisotopic (exact) mass is 244 g/mol. The van der Waals surface area contributed by atoms with E-state index in [-0.39, 0.29) is 5.91 Å². The number of nitrogens with one attached hydrogen (secondary N) is 1. The molecule has 1 heterocycles. The molecular weight excluding hydrogens is 228 g/mol. The van der Waals surface area contributed by atoms with Crippen LogP contribution in [-0.4, -0.2) is 11.1 Å². The van der Waals surface area contributed by atoms with Gasteiger partial charge in [0.2, 0.25) is 0 Å². The highest BCUT2D eigenvalue weighted by Gasteiger charge is 2.18. The Morgan fingerprint density at radius 3 is 2.56 bits per heavy atom. The molecule has 1 aromatic heterocycles. The van der Waals surface area contributed by atoms with Crippen molar-refractivity contribution in [2.45, 2.75) is 27.2 Å². The van der Waals surface area contributed by atoms with Gasteiger partial charge in [0.15, 0.2) is 0 Å². The van der Waals surface area contributed by atoms with Crippen molar-refractivity contribution in [1.82, 2.24) is 5.16 Å². The number of rotatable bonds is 3. The molecule has 0 fully saturated rings. The lowest BCUT2D eigenvalue weighted by molar-refractivity contribution is 0.102. The third kappa shape index (κ3) is 2.42. The molecule has 94 valence electrons. The van der Waals surface area contributed by atoms with E-state index in [1.807, 2.05) is 38.1 Å². The molecule has 0 bridgehead atoms. The van der Waals surface area contributed by atoms with Gasteiger partial charge in [-0.1, -0.05) is 29.8 Å². The van der Waals surface area contributed by atoms with Crippen molar-refractivity contribution in [3.05, 3.63) is 46.8 Å². The lowest BCUT2D eigenvalue weighted by atomic mass is 10.1. The number of amides is 1. The summed E-state index contributed by atoms with van der Waals surface area (Å²) in [4.78, 5) is 12.1. The fraction of sp³-hybridized carbons (Fsp3) is 0.286. The summed E-state index contributed by atoms with van der Waals surface area (Å²) < 4.78 is 5.05. The van der Waals surface area contributed by atoms with Gasteiger partial charge in [-0.15, -0.1) is 0 Å². The van der Waals surface area contributed by atoms with Crippen LogP contribution in [0, 0.1) is 13.8 Å². The zero-order valence-electron chi connectivity index (χ0n) is 10.8. The van der Waals surface area contributed by atoms with Crippen LogP contribution < -0.4 is 5.32 Å². The third-order valence-corrected chi connectivity index (χ3v) is 2.80. The maximum Gasteiger partial charge on any atom is 0.261 e. The Hall–Kier alpha value is -2.10. The van der Waals surface area contributed by atoms with Crippen LogP contribution in [-0.2, 0) is 6.42 Å². The summed E-state index contributed by atoms with van der Waals surface area (Å²) >= 11 is 0.